The van der Waals surface area contributed by atoms with Crippen LogP contribution < -0.4 is 5.32 Å². The quantitative estimate of drug-likeness (QED) is 0.340. The van der Waals surface area contributed by atoms with E-state index in [2.05, 4.69) is 36.3 Å². The summed E-state index contributed by atoms with van der Waals surface area (Å²) in [6.45, 7) is 4.00. The lowest BCUT2D eigenvalue weighted by Crippen LogP contribution is -2.15. The van der Waals surface area contributed by atoms with Crippen molar-refractivity contribution in [2.24, 2.45) is 0 Å². The van der Waals surface area contributed by atoms with Gasteiger partial charge in [0.2, 0.25) is 0 Å². The topological polar surface area (TPSA) is 72.7 Å². The number of pyridine rings is 2. The second-order valence-corrected chi connectivity index (χ2v) is 7.35. The van der Waals surface area contributed by atoms with Crippen molar-refractivity contribution in [2.45, 2.75) is 20.0 Å². The summed E-state index contributed by atoms with van der Waals surface area (Å²) in [4.78, 5) is 20.3. The number of hydrogen-bond donors (Lipinski definition) is 1. The van der Waals surface area contributed by atoms with E-state index in [-0.39, 0.29) is 17.2 Å². The van der Waals surface area contributed by atoms with Crippen LogP contribution >= 0.6 is 15.9 Å². The number of benzene rings is 1. The van der Waals surface area contributed by atoms with Gasteiger partial charge in [0.1, 0.15) is 11.5 Å². The highest BCUT2D eigenvalue weighted by atomic mass is 79.9. The zero-order valence-electron chi connectivity index (χ0n) is 17.6. The van der Waals surface area contributed by atoms with Crippen LogP contribution in [0.5, 0.6) is 0 Å². The van der Waals surface area contributed by atoms with Gasteiger partial charge in [0.25, 0.3) is 5.91 Å². The van der Waals surface area contributed by atoms with Gasteiger partial charge in [-0.15, -0.1) is 0 Å². The summed E-state index contributed by atoms with van der Waals surface area (Å²) in [5.74, 6) is -0.197. The molecule has 10 heteroatoms. The van der Waals surface area contributed by atoms with Gasteiger partial charge in [-0.05, 0) is 48.5 Å². The Morgan fingerprint density at radius 1 is 1.03 bits per heavy atom. The van der Waals surface area contributed by atoms with Crippen molar-refractivity contribution in [3.05, 3.63) is 88.9 Å². The van der Waals surface area contributed by atoms with Crippen molar-refractivity contribution in [1.82, 2.24) is 19.7 Å². The number of nitrogens with zero attached hydrogens (tertiary/aromatic N) is 4. The lowest BCUT2D eigenvalue weighted by atomic mass is 10.2. The van der Waals surface area contributed by atoms with Gasteiger partial charge in [-0.25, -0.2) is 9.67 Å². The molecular weight excluding hydrogens is 499 g/mol. The number of anilines is 1. The standard InChI is InChI=1S/C21H13BrF3N5O.C2H6/c22-15-5-1-3-13(9-15)20(31)28-19-7-6-16(12-27-19)30-18(21(23,24)25)10-17(29-30)14-4-2-8-26-11-14;1-2/h1-12H,(H,27,28,31);1-2H3. The van der Waals surface area contributed by atoms with Crippen LogP contribution in [0.15, 0.2) is 77.7 Å². The van der Waals surface area contributed by atoms with Crippen LogP contribution in [0, 0.1) is 0 Å². The van der Waals surface area contributed by atoms with Crippen LogP contribution in [0.3, 0.4) is 0 Å². The van der Waals surface area contributed by atoms with Gasteiger partial charge in [-0.1, -0.05) is 35.8 Å². The molecule has 33 heavy (non-hydrogen) atoms. The molecule has 170 valence electrons. The van der Waals surface area contributed by atoms with Crippen molar-refractivity contribution in [3.63, 3.8) is 0 Å². The van der Waals surface area contributed by atoms with E-state index in [0.717, 1.165) is 15.2 Å². The van der Waals surface area contributed by atoms with E-state index in [4.69, 9.17) is 0 Å². The number of alkyl halides is 3. The molecule has 0 radical (unpaired) electrons. The maximum Gasteiger partial charge on any atom is 0.433 e. The summed E-state index contributed by atoms with van der Waals surface area (Å²) in [6, 6.07) is 13.8. The van der Waals surface area contributed by atoms with Crippen LogP contribution in [0.25, 0.3) is 16.9 Å². The SMILES string of the molecule is CC.O=C(Nc1ccc(-n2nc(-c3cccnc3)cc2C(F)(F)F)cn1)c1cccc(Br)c1. The van der Waals surface area contributed by atoms with E-state index in [1.54, 1.807) is 36.4 Å². The minimum absolute atomic E-state index is 0.0999. The molecule has 0 aliphatic rings. The van der Waals surface area contributed by atoms with E-state index in [1.165, 1.54) is 30.7 Å². The Bertz CT molecular complexity index is 1230. The predicted molar refractivity (Wildman–Crippen MR) is 123 cm³/mol. The van der Waals surface area contributed by atoms with Gasteiger partial charge in [0, 0.05) is 28.0 Å². The summed E-state index contributed by atoms with van der Waals surface area (Å²) in [6.07, 6.45) is -0.450. The van der Waals surface area contributed by atoms with E-state index >= 15 is 0 Å². The zero-order valence-corrected chi connectivity index (χ0v) is 19.2. The first kappa shape index (κ1) is 24.1. The third-order valence-electron chi connectivity index (χ3n) is 4.28. The molecule has 4 rings (SSSR count). The molecule has 4 aromatic rings. The summed E-state index contributed by atoms with van der Waals surface area (Å²) in [7, 11) is 0. The zero-order chi connectivity index (χ0) is 24.0. The molecule has 1 aromatic carbocycles. The predicted octanol–water partition coefficient (Wildman–Crippen LogP) is 6.39. The number of carbonyl (C=O) groups excluding carboxylic acids is 1. The van der Waals surface area contributed by atoms with Gasteiger partial charge in [-0.3, -0.25) is 9.78 Å². The number of nitrogens with one attached hydrogen (secondary N) is 1. The van der Waals surface area contributed by atoms with Gasteiger partial charge in [0.05, 0.1) is 17.6 Å². The molecule has 0 fully saturated rings. The molecule has 3 heterocycles. The van der Waals surface area contributed by atoms with Crippen molar-refractivity contribution >= 4 is 27.7 Å². The minimum atomic E-state index is -4.62. The Balaban J connectivity index is 0.00000149. The molecule has 0 unspecified atom stereocenters. The van der Waals surface area contributed by atoms with Gasteiger partial charge < -0.3 is 5.32 Å². The van der Waals surface area contributed by atoms with Gasteiger partial charge >= 0.3 is 6.18 Å². The monoisotopic (exact) mass is 517 g/mol. The molecule has 0 bridgehead atoms. The average Bonchev–Trinajstić information content (AvgIpc) is 3.28. The van der Waals surface area contributed by atoms with Gasteiger partial charge in [-0.2, -0.15) is 18.3 Å². The van der Waals surface area contributed by atoms with Crippen LogP contribution in [-0.2, 0) is 6.18 Å². The number of amides is 1. The molecular formula is C23H19BrF3N5O. The summed E-state index contributed by atoms with van der Waals surface area (Å²) < 4.78 is 42.2. The van der Waals surface area contributed by atoms with Crippen LogP contribution in [0.4, 0.5) is 19.0 Å². The Hall–Kier alpha value is -3.53. The highest BCUT2D eigenvalue weighted by molar-refractivity contribution is 9.10. The Morgan fingerprint density at radius 3 is 2.42 bits per heavy atom. The molecule has 3 aromatic heterocycles. The first-order chi connectivity index (χ1) is 15.8. The lowest BCUT2D eigenvalue weighted by molar-refractivity contribution is -0.142. The molecule has 0 saturated heterocycles. The Labute approximate surface area is 196 Å². The summed E-state index contributed by atoms with van der Waals surface area (Å²) in [5, 5.41) is 6.70. The van der Waals surface area contributed by atoms with E-state index < -0.39 is 17.8 Å². The number of hydrogen-bond acceptors (Lipinski definition) is 4. The highest BCUT2D eigenvalue weighted by Gasteiger charge is 2.36. The fourth-order valence-electron chi connectivity index (χ4n) is 2.84. The highest BCUT2D eigenvalue weighted by Crippen LogP contribution is 2.34. The largest absolute Gasteiger partial charge is 0.433 e. The third-order valence-corrected chi connectivity index (χ3v) is 4.77. The maximum atomic E-state index is 13.6. The Kier molecular flexibility index (Phi) is 7.59. The first-order valence-electron chi connectivity index (χ1n) is 9.92. The molecule has 6 nitrogen and oxygen atoms in total. The average molecular weight is 518 g/mol. The van der Waals surface area contributed by atoms with Crippen molar-refractivity contribution < 1.29 is 18.0 Å². The fraction of sp³-hybridized carbons (Fsp3) is 0.130. The molecule has 0 spiro atoms. The van der Waals surface area contributed by atoms with E-state index in [9.17, 15) is 18.0 Å². The van der Waals surface area contributed by atoms with E-state index in [0.29, 0.717) is 11.1 Å². The van der Waals surface area contributed by atoms with Crippen molar-refractivity contribution in [1.29, 1.82) is 0 Å². The lowest BCUT2D eigenvalue weighted by Gasteiger charge is -2.10. The van der Waals surface area contributed by atoms with Gasteiger partial charge in [0.15, 0.2) is 0 Å². The number of rotatable bonds is 4. The van der Waals surface area contributed by atoms with Crippen LogP contribution in [0.2, 0.25) is 0 Å². The van der Waals surface area contributed by atoms with Crippen LogP contribution in [0.1, 0.15) is 29.9 Å². The minimum Gasteiger partial charge on any atom is -0.307 e. The fourth-order valence-corrected chi connectivity index (χ4v) is 3.24. The summed E-state index contributed by atoms with van der Waals surface area (Å²) in [5.41, 5.74) is 0.153. The summed E-state index contributed by atoms with van der Waals surface area (Å²) >= 11 is 3.29. The molecule has 1 N–H and O–H groups in total. The van der Waals surface area contributed by atoms with Crippen LogP contribution in [-0.4, -0.2) is 25.7 Å². The maximum absolute atomic E-state index is 13.6. The number of halogens is 4. The molecule has 0 aliphatic carbocycles. The second-order valence-electron chi connectivity index (χ2n) is 6.43. The Morgan fingerprint density at radius 2 is 1.82 bits per heavy atom. The number of aromatic nitrogens is 4. The molecule has 0 atom stereocenters. The molecule has 0 aliphatic heterocycles. The molecule has 1 amide bonds. The van der Waals surface area contributed by atoms with E-state index in [1.807, 2.05) is 13.8 Å². The molecule has 0 saturated carbocycles. The van der Waals surface area contributed by atoms with Crippen molar-refractivity contribution in [2.75, 3.05) is 5.32 Å². The first-order valence-corrected chi connectivity index (χ1v) is 10.7. The van der Waals surface area contributed by atoms with Crippen molar-refractivity contribution in [3.8, 4) is 16.9 Å². The number of carbonyl (C=O) groups is 1. The third kappa shape index (κ3) is 5.83. The smallest absolute Gasteiger partial charge is 0.307 e. The second kappa shape index (κ2) is 10.4. The normalized spacial score (nSPS) is 10.8.